The van der Waals surface area contributed by atoms with Gasteiger partial charge in [-0.1, -0.05) is 84.9 Å². The summed E-state index contributed by atoms with van der Waals surface area (Å²) in [5.41, 5.74) is 3.49. The zero-order valence-electron chi connectivity index (χ0n) is 17.4. The monoisotopic (exact) mass is 415 g/mol. The molecule has 0 spiro atoms. The topological polar surface area (TPSA) is 72.5 Å². The van der Waals surface area contributed by atoms with E-state index in [1.54, 1.807) is 12.1 Å². The average Bonchev–Trinajstić information content (AvgIpc) is 2.83. The van der Waals surface area contributed by atoms with Gasteiger partial charge in [-0.05, 0) is 16.7 Å². The molecule has 3 aromatic rings. The van der Waals surface area contributed by atoms with Gasteiger partial charge in [0.25, 0.3) is 0 Å². The molecule has 31 heavy (non-hydrogen) atoms. The summed E-state index contributed by atoms with van der Waals surface area (Å²) in [6, 6.07) is 26.0. The Morgan fingerprint density at radius 2 is 1.35 bits per heavy atom. The fourth-order valence-electron chi connectivity index (χ4n) is 3.30. The molecule has 0 radical (unpaired) electrons. The molecule has 0 unspecified atom stereocenters. The van der Waals surface area contributed by atoms with Crippen LogP contribution < -0.4 is 5.32 Å². The number of esters is 1. The fourth-order valence-corrected chi connectivity index (χ4v) is 3.30. The standard InChI is InChI=1S/C26H25NO4/c1-31-26(30)18-23(21-10-6-3-7-11-21)27-25(29)17-16-24(28)22-14-12-20(13-15-22)19-8-4-2-5-9-19/h2-15,23H,16-18H2,1H3,(H,27,29)/t23-/m1/s1. The van der Waals surface area contributed by atoms with E-state index in [-0.39, 0.29) is 31.0 Å². The molecule has 0 aromatic heterocycles. The molecule has 1 atom stereocenters. The first kappa shape index (κ1) is 22.0. The lowest BCUT2D eigenvalue weighted by Crippen LogP contribution is -2.30. The number of hydrogen-bond acceptors (Lipinski definition) is 4. The molecule has 0 aliphatic heterocycles. The summed E-state index contributed by atoms with van der Waals surface area (Å²) in [6.45, 7) is 0. The minimum Gasteiger partial charge on any atom is -0.469 e. The Balaban J connectivity index is 1.57. The molecule has 0 saturated heterocycles. The van der Waals surface area contributed by atoms with Crippen molar-refractivity contribution in [2.45, 2.75) is 25.3 Å². The molecular weight excluding hydrogens is 390 g/mol. The highest BCUT2D eigenvalue weighted by atomic mass is 16.5. The van der Waals surface area contributed by atoms with Crippen LogP contribution in [0.4, 0.5) is 0 Å². The van der Waals surface area contributed by atoms with Crippen molar-refractivity contribution in [1.29, 1.82) is 0 Å². The van der Waals surface area contributed by atoms with Gasteiger partial charge >= 0.3 is 5.97 Å². The van der Waals surface area contributed by atoms with Gasteiger partial charge < -0.3 is 10.1 Å². The van der Waals surface area contributed by atoms with Crippen molar-refractivity contribution in [2.75, 3.05) is 7.11 Å². The average molecular weight is 415 g/mol. The molecule has 1 N–H and O–H groups in total. The first-order valence-corrected chi connectivity index (χ1v) is 10.2. The van der Waals surface area contributed by atoms with E-state index < -0.39 is 12.0 Å². The highest BCUT2D eigenvalue weighted by molar-refractivity contribution is 5.98. The summed E-state index contributed by atoms with van der Waals surface area (Å²) < 4.78 is 4.74. The highest BCUT2D eigenvalue weighted by Gasteiger charge is 2.19. The van der Waals surface area contributed by atoms with Crippen molar-refractivity contribution in [3.8, 4) is 11.1 Å². The van der Waals surface area contributed by atoms with Crippen LogP contribution in [0.3, 0.4) is 0 Å². The van der Waals surface area contributed by atoms with Crippen molar-refractivity contribution in [3.05, 3.63) is 96.1 Å². The molecule has 3 aromatic carbocycles. The molecule has 0 saturated carbocycles. The third-order valence-electron chi connectivity index (χ3n) is 5.03. The zero-order valence-corrected chi connectivity index (χ0v) is 17.4. The first-order chi connectivity index (χ1) is 15.1. The molecule has 0 aliphatic rings. The number of nitrogens with one attached hydrogen (secondary N) is 1. The summed E-state index contributed by atoms with van der Waals surface area (Å²) in [6.07, 6.45) is 0.168. The lowest BCUT2D eigenvalue weighted by Gasteiger charge is -2.18. The SMILES string of the molecule is COC(=O)C[C@@H](NC(=O)CCC(=O)c1ccc(-c2ccccc2)cc1)c1ccccc1. The number of hydrogen-bond donors (Lipinski definition) is 1. The van der Waals surface area contributed by atoms with Crippen LogP contribution in [-0.4, -0.2) is 24.8 Å². The Kier molecular flexibility index (Phi) is 7.71. The van der Waals surface area contributed by atoms with Gasteiger partial charge in [-0.25, -0.2) is 0 Å². The number of Topliss-reactive ketones (excluding diaryl/α,β-unsaturated/α-hetero) is 1. The summed E-state index contributed by atoms with van der Waals surface area (Å²) >= 11 is 0. The second-order valence-electron chi connectivity index (χ2n) is 7.18. The lowest BCUT2D eigenvalue weighted by molar-refractivity contribution is -0.141. The third-order valence-corrected chi connectivity index (χ3v) is 5.03. The van der Waals surface area contributed by atoms with E-state index in [9.17, 15) is 14.4 Å². The second kappa shape index (κ2) is 10.9. The predicted octanol–water partition coefficient (Wildman–Crippen LogP) is 4.74. The van der Waals surface area contributed by atoms with E-state index in [4.69, 9.17) is 4.74 Å². The summed E-state index contributed by atoms with van der Waals surface area (Å²) in [5, 5.41) is 2.84. The molecule has 0 heterocycles. The fraction of sp³-hybridized carbons (Fsp3) is 0.192. The van der Waals surface area contributed by atoms with Crippen LogP contribution in [0.15, 0.2) is 84.9 Å². The molecule has 0 bridgehead atoms. The minimum absolute atomic E-state index is 0.0289. The van der Waals surface area contributed by atoms with E-state index in [0.717, 1.165) is 16.7 Å². The Hall–Kier alpha value is -3.73. The van der Waals surface area contributed by atoms with Gasteiger partial charge in [0.1, 0.15) is 0 Å². The Morgan fingerprint density at radius 3 is 1.97 bits per heavy atom. The normalized spacial score (nSPS) is 11.4. The highest BCUT2D eigenvalue weighted by Crippen LogP contribution is 2.20. The maximum Gasteiger partial charge on any atom is 0.307 e. The van der Waals surface area contributed by atoms with Gasteiger partial charge in [-0.2, -0.15) is 0 Å². The van der Waals surface area contributed by atoms with Crippen LogP contribution in [0.2, 0.25) is 0 Å². The van der Waals surface area contributed by atoms with Crippen molar-refractivity contribution in [2.24, 2.45) is 0 Å². The largest absolute Gasteiger partial charge is 0.469 e. The van der Waals surface area contributed by atoms with Gasteiger partial charge in [-0.15, -0.1) is 0 Å². The van der Waals surface area contributed by atoms with Crippen LogP contribution in [0.1, 0.15) is 41.2 Å². The summed E-state index contributed by atoms with van der Waals surface area (Å²) in [4.78, 5) is 36.7. The Labute approximate surface area is 182 Å². The molecular formula is C26H25NO4. The van der Waals surface area contributed by atoms with Gasteiger partial charge in [0.2, 0.25) is 5.91 Å². The Morgan fingerprint density at radius 1 is 0.774 bits per heavy atom. The van der Waals surface area contributed by atoms with Gasteiger partial charge in [0.05, 0.1) is 19.6 Å². The maximum atomic E-state index is 12.5. The number of carbonyl (C=O) groups excluding carboxylic acids is 3. The van der Waals surface area contributed by atoms with Crippen LogP contribution in [0.5, 0.6) is 0 Å². The smallest absolute Gasteiger partial charge is 0.307 e. The molecule has 158 valence electrons. The molecule has 0 fully saturated rings. The van der Waals surface area contributed by atoms with Crippen molar-refractivity contribution in [3.63, 3.8) is 0 Å². The number of ether oxygens (including phenoxy) is 1. The Bertz CT molecular complexity index is 1010. The van der Waals surface area contributed by atoms with E-state index in [1.165, 1.54) is 7.11 Å². The number of amides is 1. The van der Waals surface area contributed by atoms with Crippen molar-refractivity contribution < 1.29 is 19.1 Å². The van der Waals surface area contributed by atoms with Crippen LogP contribution in [0, 0.1) is 0 Å². The quantitative estimate of drug-likeness (QED) is 0.405. The number of carbonyl (C=O) groups is 3. The summed E-state index contributed by atoms with van der Waals surface area (Å²) in [5.74, 6) is -0.797. The molecule has 5 nitrogen and oxygen atoms in total. The first-order valence-electron chi connectivity index (χ1n) is 10.2. The molecule has 5 heteroatoms. The molecule has 0 aliphatic carbocycles. The third kappa shape index (κ3) is 6.37. The van der Waals surface area contributed by atoms with E-state index in [0.29, 0.717) is 5.56 Å². The van der Waals surface area contributed by atoms with Gasteiger partial charge in [0, 0.05) is 18.4 Å². The van der Waals surface area contributed by atoms with E-state index >= 15 is 0 Å². The number of methoxy groups -OCH3 is 1. The molecule has 1 amide bonds. The number of rotatable bonds is 9. The van der Waals surface area contributed by atoms with Crippen molar-refractivity contribution >= 4 is 17.7 Å². The van der Waals surface area contributed by atoms with Crippen LogP contribution in [-0.2, 0) is 14.3 Å². The van der Waals surface area contributed by atoms with Crippen LogP contribution in [0.25, 0.3) is 11.1 Å². The van der Waals surface area contributed by atoms with E-state index in [1.807, 2.05) is 72.8 Å². The van der Waals surface area contributed by atoms with Gasteiger partial charge in [0.15, 0.2) is 5.78 Å². The second-order valence-corrected chi connectivity index (χ2v) is 7.18. The van der Waals surface area contributed by atoms with Crippen LogP contribution >= 0.6 is 0 Å². The van der Waals surface area contributed by atoms with Crippen molar-refractivity contribution in [1.82, 2.24) is 5.32 Å². The number of ketones is 1. The predicted molar refractivity (Wildman–Crippen MR) is 119 cm³/mol. The zero-order chi connectivity index (χ0) is 22.1. The summed E-state index contributed by atoms with van der Waals surface area (Å²) in [7, 11) is 1.31. The van der Waals surface area contributed by atoms with Gasteiger partial charge in [-0.3, -0.25) is 14.4 Å². The number of benzene rings is 3. The maximum absolute atomic E-state index is 12.5. The minimum atomic E-state index is -0.499. The lowest BCUT2D eigenvalue weighted by atomic mass is 10.0. The van der Waals surface area contributed by atoms with E-state index in [2.05, 4.69) is 5.32 Å². The molecule has 3 rings (SSSR count).